The summed E-state index contributed by atoms with van der Waals surface area (Å²) in [5.41, 5.74) is 2.30. The zero-order valence-corrected chi connectivity index (χ0v) is 18.7. The SMILES string of the molecule is COc1ccc(Oc2c(Cl)cc(NC(=O)Cc3cncn3C)cc2Cl)cc1C(C)C. The number of amides is 1. The first-order chi connectivity index (χ1) is 14.3. The van der Waals surface area contributed by atoms with Crippen LogP contribution in [0.2, 0.25) is 10.0 Å². The smallest absolute Gasteiger partial charge is 0.230 e. The second-order valence-electron chi connectivity index (χ2n) is 7.15. The molecule has 1 heterocycles. The highest BCUT2D eigenvalue weighted by atomic mass is 35.5. The summed E-state index contributed by atoms with van der Waals surface area (Å²) in [5.74, 6) is 1.77. The van der Waals surface area contributed by atoms with Gasteiger partial charge < -0.3 is 19.4 Å². The van der Waals surface area contributed by atoms with Crippen molar-refractivity contribution in [1.29, 1.82) is 0 Å². The topological polar surface area (TPSA) is 65.4 Å². The number of rotatable bonds is 7. The Morgan fingerprint density at radius 2 is 1.90 bits per heavy atom. The number of hydrogen-bond donors (Lipinski definition) is 1. The first kappa shape index (κ1) is 22.0. The Hall–Kier alpha value is -2.70. The molecule has 1 N–H and O–H groups in total. The average molecular weight is 448 g/mol. The van der Waals surface area contributed by atoms with Crippen LogP contribution in [0.5, 0.6) is 17.2 Å². The number of aryl methyl sites for hydroxylation is 1. The Balaban J connectivity index is 1.77. The van der Waals surface area contributed by atoms with Crippen LogP contribution in [-0.2, 0) is 18.3 Å². The highest BCUT2D eigenvalue weighted by molar-refractivity contribution is 6.37. The van der Waals surface area contributed by atoms with Crippen LogP contribution >= 0.6 is 23.2 Å². The van der Waals surface area contributed by atoms with Crippen molar-refractivity contribution in [3.63, 3.8) is 0 Å². The van der Waals surface area contributed by atoms with E-state index in [2.05, 4.69) is 24.1 Å². The van der Waals surface area contributed by atoms with Gasteiger partial charge in [0.05, 0.1) is 29.9 Å². The number of anilines is 1. The number of aromatic nitrogens is 2. The fraction of sp³-hybridized carbons (Fsp3) is 0.273. The molecular formula is C22H23Cl2N3O3. The molecule has 2 aromatic carbocycles. The van der Waals surface area contributed by atoms with Gasteiger partial charge in [-0.15, -0.1) is 0 Å². The van der Waals surface area contributed by atoms with Crippen LogP contribution in [0.25, 0.3) is 0 Å². The van der Waals surface area contributed by atoms with Gasteiger partial charge in [-0.2, -0.15) is 0 Å². The average Bonchev–Trinajstić information content (AvgIpc) is 3.08. The van der Waals surface area contributed by atoms with Gasteiger partial charge in [0.25, 0.3) is 0 Å². The normalized spacial score (nSPS) is 10.9. The zero-order chi connectivity index (χ0) is 21.8. The minimum atomic E-state index is -0.198. The molecule has 0 spiro atoms. The van der Waals surface area contributed by atoms with E-state index in [1.807, 2.05) is 19.2 Å². The second kappa shape index (κ2) is 9.41. The third-order valence-corrected chi connectivity index (χ3v) is 5.14. The lowest BCUT2D eigenvalue weighted by Crippen LogP contribution is -2.16. The predicted octanol–water partition coefficient (Wildman–Crippen LogP) is 5.83. The highest BCUT2D eigenvalue weighted by Crippen LogP contribution is 2.40. The summed E-state index contributed by atoms with van der Waals surface area (Å²) < 4.78 is 13.1. The number of carbonyl (C=O) groups excluding carboxylic acids is 1. The number of nitrogens with zero attached hydrogens (tertiary/aromatic N) is 2. The standard InChI is InChI=1S/C22H23Cl2N3O3/c1-13(2)17-10-16(5-6-20(17)29-4)30-22-18(23)7-14(8-19(22)24)26-21(28)9-15-11-25-12-27(15)3/h5-8,10-13H,9H2,1-4H3,(H,26,28). The number of nitrogens with one attached hydrogen (secondary N) is 1. The van der Waals surface area contributed by atoms with Crippen molar-refractivity contribution in [2.45, 2.75) is 26.2 Å². The first-order valence-electron chi connectivity index (χ1n) is 9.38. The lowest BCUT2D eigenvalue weighted by molar-refractivity contribution is -0.115. The maximum Gasteiger partial charge on any atom is 0.230 e. The Morgan fingerprint density at radius 3 is 2.47 bits per heavy atom. The van der Waals surface area contributed by atoms with Crippen molar-refractivity contribution < 1.29 is 14.3 Å². The summed E-state index contributed by atoms with van der Waals surface area (Å²) in [7, 11) is 3.47. The molecule has 0 aliphatic rings. The molecular weight excluding hydrogens is 425 g/mol. The van der Waals surface area contributed by atoms with Gasteiger partial charge in [-0.3, -0.25) is 4.79 Å². The molecule has 3 aromatic rings. The van der Waals surface area contributed by atoms with E-state index in [1.54, 1.807) is 42.4 Å². The largest absolute Gasteiger partial charge is 0.496 e. The number of carbonyl (C=O) groups is 1. The number of halogens is 2. The minimum Gasteiger partial charge on any atom is -0.496 e. The van der Waals surface area contributed by atoms with Crippen LogP contribution in [0.1, 0.15) is 31.0 Å². The van der Waals surface area contributed by atoms with Crippen LogP contribution < -0.4 is 14.8 Å². The van der Waals surface area contributed by atoms with Crippen molar-refractivity contribution in [2.24, 2.45) is 7.05 Å². The molecule has 158 valence electrons. The fourth-order valence-corrected chi connectivity index (χ4v) is 3.56. The molecule has 1 aromatic heterocycles. The third-order valence-electron chi connectivity index (χ3n) is 4.58. The Kier molecular flexibility index (Phi) is 6.90. The van der Waals surface area contributed by atoms with Gasteiger partial charge in [0.1, 0.15) is 11.5 Å². The third kappa shape index (κ3) is 5.07. The van der Waals surface area contributed by atoms with Crippen LogP contribution in [-0.4, -0.2) is 22.6 Å². The van der Waals surface area contributed by atoms with E-state index in [0.717, 1.165) is 17.0 Å². The lowest BCUT2D eigenvalue weighted by Gasteiger charge is -2.16. The molecule has 0 radical (unpaired) electrons. The van der Waals surface area contributed by atoms with E-state index in [9.17, 15) is 4.79 Å². The summed E-state index contributed by atoms with van der Waals surface area (Å²) in [4.78, 5) is 16.3. The number of hydrogen-bond acceptors (Lipinski definition) is 4. The van der Waals surface area contributed by atoms with Gasteiger partial charge in [0, 0.05) is 30.2 Å². The Morgan fingerprint density at radius 1 is 1.20 bits per heavy atom. The number of benzene rings is 2. The van der Waals surface area contributed by atoms with Gasteiger partial charge in [0.15, 0.2) is 5.75 Å². The van der Waals surface area contributed by atoms with Crippen LogP contribution in [0.3, 0.4) is 0 Å². The molecule has 0 aliphatic heterocycles. The molecule has 0 aliphatic carbocycles. The first-order valence-corrected chi connectivity index (χ1v) is 10.1. The van der Waals surface area contributed by atoms with Crippen molar-refractivity contribution in [1.82, 2.24) is 9.55 Å². The van der Waals surface area contributed by atoms with Gasteiger partial charge in [-0.1, -0.05) is 37.0 Å². The molecule has 0 bridgehead atoms. The molecule has 6 nitrogen and oxygen atoms in total. The number of ether oxygens (including phenoxy) is 2. The monoisotopic (exact) mass is 447 g/mol. The molecule has 3 rings (SSSR count). The van der Waals surface area contributed by atoms with E-state index in [1.165, 1.54) is 0 Å². The lowest BCUT2D eigenvalue weighted by atomic mass is 10.0. The van der Waals surface area contributed by atoms with E-state index in [4.69, 9.17) is 32.7 Å². The summed E-state index contributed by atoms with van der Waals surface area (Å²) in [6.07, 6.45) is 3.48. The molecule has 0 atom stereocenters. The summed E-state index contributed by atoms with van der Waals surface area (Å²) in [6.45, 7) is 4.15. The van der Waals surface area contributed by atoms with E-state index in [-0.39, 0.29) is 18.2 Å². The predicted molar refractivity (Wildman–Crippen MR) is 119 cm³/mol. The molecule has 0 fully saturated rings. The summed E-state index contributed by atoms with van der Waals surface area (Å²) >= 11 is 12.8. The van der Waals surface area contributed by atoms with Crippen molar-refractivity contribution in [3.05, 3.63) is 64.2 Å². The Labute approximate surface area is 185 Å². The van der Waals surface area contributed by atoms with E-state index in [0.29, 0.717) is 27.2 Å². The molecule has 0 saturated carbocycles. The van der Waals surface area contributed by atoms with Crippen LogP contribution in [0.15, 0.2) is 42.9 Å². The molecule has 8 heteroatoms. The Bertz CT molecular complexity index is 1040. The van der Waals surface area contributed by atoms with Crippen molar-refractivity contribution in [3.8, 4) is 17.2 Å². The van der Waals surface area contributed by atoms with Crippen molar-refractivity contribution in [2.75, 3.05) is 12.4 Å². The zero-order valence-electron chi connectivity index (χ0n) is 17.2. The minimum absolute atomic E-state index is 0.188. The summed E-state index contributed by atoms with van der Waals surface area (Å²) in [6, 6.07) is 8.76. The number of methoxy groups -OCH3 is 1. The van der Waals surface area contributed by atoms with E-state index >= 15 is 0 Å². The van der Waals surface area contributed by atoms with Gasteiger partial charge in [-0.25, -0.2) is 4.98 Å². The van der Waals surface area contributed by atoms with Gasteiger partial charge in [0.2, 0.25) is 5.91 Å². The van der Waals surface area contributed by atoms with Gasteiger partial charge in [-0.05, 0) is 36.2 Å². The fourth-order valence-electron chi connectivity index (χ4n) is 3.00. The molecule has 30 heavy (non-hydrogen) atoms. The molecule has 0 saturated heterocycles. The van der Waals surface area contributed by atoms with Gasteiger partial charge >= 0.3 is 0 Å². The second-order valence-corrected chi connectivity index (χ2v) is 7.96. The maximum absolute atomic E-state index is 12.3. The quantitative estimate of drug-likeness (QED) is 0.494. The van der Waals surface area contributed by atoms with Crippen LogP contribution in [0.4, 0.5) is 5.69 Å². The highest BCUT2D eigenvalue weighted by Gasteiger charge is 2.15. The maximum atomic E-state index is 12.3. The van der Waals surface area contributed by atoms with Crippen LogP contribution in [0, 0.1) is 0 Å². The van der Waals surface area contributed by atoms with Crippen molar-refractivity contribution >= 4 is 34.8 Å². The number of imidazole rings is 1. The molecule has 1 amide bonds. The van der Waals surface area contributed by atoms with E-state index < -0.39 is 0 Å². The molecule has 0 unspecified atom stereocenters. The summed E-state index contributed by atoms with van der Waals surface area (Å²) in [5, 5.41) is 3.38.